The molecular formula is C15H18Cl2N2O2. The minimum absolute atomic E-state index is 0.166. The second kappa shape index (κ2) is 6.24. The van der Waals surface area contributed by atoms with Gasteiger partial charge in [-0.15, -0.1) is 0 Å². The van der Waals surface area contributed by atoms with Crippen LogP contribution in [0.1, 0.15) is 26.7 Å². The minimum Gasteiger partial charge on any atom is -0.342 e. The van der Waals surface area contributed by atoms with E-state index in [0.717, 1.165) is 12.8 Å². The van der Waals surface area contributed by atoms with Gasteiger partial charge in [0.2, 0.25) is 11.8 Å². The van der Waals surface area contributed by atoms with Crippen LogP contribution in [-0.4, -0.2) is 29.8 Å². The Labute approximate surface area is 134 Å². The molecule has 21 heavy (non-hydrogen) atoms. The molecule has 1 aromatic rings. The molecule has 0 unspecified atom stereocenters. The third-order valence-corrected chi connectivity index (χ3v) is 4.33. The highest BCUT2D eigenvalue weighted by atomic mass is 35.5. The third-order valence-electron chi connectivity index (χ3n) is 3.70. The Morgan fingerprint density at radius 3 is 2.19 bits per heavy atom. The summed E-state index contributed by atoms with van der Waals surface area (Å²) in [7, 11) is 0. The summed E-state index contributed by atoms with van der Waals surface area (Å²) in [5.74, 6) is -0.574. The summed E-state index contributed by atoms with van der Waals surface area (Å²) in [5, 5.41) is 3.37. The van der Waals surface area contributed by atoms with Crippen LogP contribution in [0.3, 0.4) is 0 Å². The number of nitrogens with zero attached hydrogens (tertiary/aromatic N) is 1. The van der Waals surface area contributed by atoms with E-state index in [1.807, 2.05) is 0 Å². The first kappa shape index (κ1) is 16.1. The van der Waals surface area contributed by atoms with Gasteiger partial charge in [-0.05, 0) is 38.8 Å². The van der Waals surface area contributed by atoms with Crippen molar-refractivity contribution in [3.63, 3.8) is 0 Å². The maximum atomic E-state index is 12.5. The molecule has 1 saturated heterocycles. The summed E-state index contributed by atoms with van der Waals surface area (Å²) < 4.78 is 0. The largest absolute Gasteiger partial charge is 0.342 e. The highest BCUT2D eigenvalue weighted by molar-refractivity contribution is 6.40. The minimum atomic E-state index is -1.16. The molecule has 0 radical (unpaired) electrons. The van der Waals surface area contributed by atoms with Gasteiger partial charge in [-0.25, -0.2) is 0 Å². The first-order chi connectivity index (χ1) is 9.84. The van der Waals surface area contributed by atoms with E-state index in [9.17, 15) is 9.59 Å². The van der Waals surface area contributed by atoms with E-state index in [4.69, 9.17) is 23.2 Å². The number of carbonyl (C=O) groups excluding carboxylic acids is 2. The average Bonchev–Trinajstić information content (AvgIpc) is 2.95. The zero-order valence-electron chi connectivity index (χ0n) is 12.1. The van der Waals surface area contributed by atoms with E-state index in [1.54, 1.807) is 36.9 Å². The number of para-hydroxylation sites is 1. The van der Waals surface area contributed by atoms with E-state index < -0.39 is 11.3 Å². The van der Waals surface area contributed by atoms with E-state index in [1.165, 1.54) is 0 Å². The lowest BCUT2D eigenvalue weighted by Crippen LogP contribution is -2.46. The van der Waals surface area contributed by atoms with Crippen molar-refractivity contribution in [1.82, 2.24) is 4.90 Å². The summed E-state index contributed by atoms with van der Waals surface area (Å²) in [6, 6.07) is 4.97. The van der Waals surface area contributed by atoms with Crippen LogP contribution < -0.4 is 5.32 Å². The number of likely N-dealkylation sites (tertiary alicyclic amines) is 1. The fourth-order valence-electron chi connectivity index (χ4n) is 2.30. The third kappa shape index (κ3) is 3.33. The average molecular weight is 329 g/mol. The van der Waals surface area contributed by atoms with Crippen LogP contribution in [0.2, 0.25) is 10.0 Å². The Morgan fingerprint density at radius 1 is 1.14 bits per heavy atom. The van der Waals surface area contributed by atoms with Gasteiger partial charge in [0.25, 0.3) is 0 Å². The van der Waals surface area contributed by atoms with Gasteiger partial charge >= 0.3 is 0 Å². The number of hydrogen-bond donors (Lipinski definition) is 1. The van der Waals surface area contributed by atoms with Gasteiger partial charge in [-0.1, -0.05) is 29.3 Å². The quantitative estimate of drug-likeness (QED) is 0.862. The summed E-state index contributed by atoms with van der Waals surface area (Å²) >= 11 is 12.1. The van der Waals surface area contributed by atoms with Crippen LogP contribution >= 0.6 is 23.2 Å². The number of hydrogen-bond acceptors (Lipinski definition) is 2. The molecule has 6 heteroatoms. The molecule has 0 aliphatic carbocycles. The predicted octanol–water partition coefficient (Wildman–Crippen LogP) is 3.58. The molecule has 1 aliphatic heterocycles. The normalized spacial score (nSPS) is 15.1. The summed E-state index contributed by atoms with van der Waals surface area (Å²) in [5.41, 5.74) is -0.819. The highest BCUT2D eigenvalue weighted by Crippen LogP contribution is 2.32. The first-order valence-corrected chi connectivity index (χ1v) is 7.64. The van der Waals surface area contributed by atoms with Crippen molar-refractivity contribution in [2.45, 2.75) is 26.7 Å². The lowest BCUT2D eigenvalue weighted by molar-refractivity contribution is -0.145. The monoisotopic (exact) mass is 328 g/mol. The fraction of sp³-hybridized carbons (Fsp3) is 0.467. The molecule has 1 aromatic carbocycles. The molecule has 0 bridgehead atoms. The lowest BCUT2D eigenvalue weighted by Gasteiger charge is -2.28. The van der Waals surface area contributed by atoms with Gasteiger partial charge in [0.05, 0.1) is 15.7 Å². The zero-order valence-corrected chi connectivity index (χ0v) is 13.6. The van der Waals surface area contributed by atoms with E-state index in [2.05, 4.69) is 5.32 Å². The number of rotatable bonds is 3. The molecule has 1 N–H and O–H groups in total. The molecule has 2 rings (SSSR count). The Morgan fingerprint density at radius 2 is 1.67 bits per heavy atom. The number of benzene rings is 1. The number of halogens is 2. The molecule has 1 heterocycles. The maximum absolute atomic E-state index is 12.5. The van der Waals surface area contributed by atoms with Gasteiger partial charge < -0.3 is 10.2 Å². The van der Waals surface area contributed by atoms with Gasteiger partial charge in [-0.2, -0.15) is 0 Å². The molecule has 0 atom stereocenters. The Hall–Kier alpha value is -1.26. The van der Waals surface area contributed by atoms with Gasteiger partial charge in [0.1, 0.15) is 5.41 Å². The first-order valence-electron chi connectivity index (χ1n) is 6.89. The van der Waals surface area contributed by atoms with Crippen LogP contribution in [0, 0.1) is 5.41 Å². The van der Waals surface area contributed by atoms with E-state index >= 15 is 0 Å². The molecule has 4 nitrogen and oxygen atoms in total. The van der Waals surface area contributed by atoms with Crippen LogP contribution in [0.25, 0.3) is 0 Å². The number of carbonyl (C=O) groups is 2. The molecule has 0 saturated carbocycles. The van der Waals surface area contributed by atoms with Gasteiger partial charge in [0, 0.05) is 13.1 Å². The lowest BCUT2D eigenvalue weighted by atomic mass is 9.90. The Bertz CT molecular complexity index is 547. The van der Waals surface area contributed by atoms with Crippen LogP contribution in [0.15, 0.2) is 18.2 Å². The molecule has 1 aliphatic rings. The molecule has 0 aromatic heterocycles. The topological polar surface area (TPSA) is 49.4 Å². The SMILES string of the molecule is CC(C)(C(=O)Nc1c(Cl)cccc1Cl)C(=O)N1CCCC1. The fourth-order valence-corrected chi connectivity index (χ4v) is 2.79. The second-order valence-electron chi connectivity index (χ2n) is 5.68. The summed E-state index contributed by atoms with van der Waals surface area (Å²) in [6.07, 6.45) is 1.97. The van der Waals surface area contributed by atoms with Crippen molar-refractivity contribution in [3.8, 4) is 0 Å². The van der Waals surface area contributed by atoms with Crippen molar-refractivity contribution in [2.75, 3.05) is 18.4 Å². The van der Waals surface area contributed by atoms with Crippen molar-refractivity contribution in [3.05, 3.63) is 28.2 Å². The predicted molar refractivity (Wildman–Crippen MR) is 84.7 cm³/mol. The van der Waals surface area contributed by atoms with Crippen LogP contribution in [-0.2, 0) is 9.59 Å². The van der Waals surface area contributed by atoms with Gasteiger partial charge in [-0.3, -0.25) is 9.59 Å². The molecule has 1 fully saturated rings. The number of nitrogens with one attached hydrogen (secondary N) is 1. The van der Waals surface area contributed by atoms with Crippen molar-refractivity contribution < 1.29 is 9.59 Å². The van der Waals surface area contributed by atoms with Crippen molar-refractivity contribution in [2.24, 2.45) is 5.41 Å². The molecule has 0 spiro atoms. The van der Waals surface area contributed by atoms with Crippen molar-refractivity contribution in [1.29, 1.82) is 0 Å². The standard InChI is InChI=1S/C15H18Cl2N2O2/c1-15(2,14(21)19-8-3-4-9-19)13(20)18-12-10(16)6-5-7-11(12)17/h5-7H,3-4,8-9H2,1-2H3,(H,18,20). The zero-order chi connectivity index (χ0) is 15.6. The number of anilines is 1. The molecular weight excluding hydrogens is 311 g/mol. The van der Waals surface area contributed by atoms with E-state index in [0.29, 0.717) is 28.8 Å². The highest BCUT2D eigenvalue weighted by Gasteiger charge is 2.40. The smallest absolute Gasteiger partial charge is 0.239 e. The van der Waals surface area contributed by atoms with Crippen molar-refractivity contribution >= 4 is 40.7 Å². The summed E-state index contributed by atoms with van der Waals surface area (Å²) in [4.78, 5) is 26.7. The van der Waals surface area contributed by atoms with Gasteiger partial charge in [0.15, 0.2) is 0 Å². The molecule has 2 amide bonds. The van der Waals surface area contributed by atoms with Crippen LogP contribution in [0.4, 0.5) is 5.69 Å². The molecule has 114 valence electrons. The summed E-state index contributed by atoms with van der Waals surface area (Å²) in [6.45, 7) is 4.66. The number of amides is 2. The Balaban J connectivity index is 2.16. The second-order valence-corrected chi connectivity index (χ2v) is 6.49. The maximum Gasteiger partial charge on any atom is 0.239 e. The Kier molecular flexibility index (Phi) is 4.79. The van der Waals surface area contributed by atoms with E-state index in [-0.39, 0.29) is 5.91 Å². The van der Waals surface area contributed by atoms with Crippen LogP contribution in [0.5, 0.6) is 0 Å².